The lowest BCUT2D eigenvalue weighted by molar-refractivity contribution is -0.126. The molecule has 0 spiro atoms. The molecule has 0 bridgehead atoms. The van der Waals surface area contributed by atoms with Crippen molar-refractivity contribution >= 4 is 17.5 Å². The van der Waals surface area contributed by atoms with E-state index in [9.17, 15) is 14.0 Å². The van der Waals surface area contributed by atoms with Crippen LogP contribution in [-0.2, 0) is 16.6 Å². The van der Waals surface area contributed by atoms with Crippen LogP contribution < -0.4 is 15.0 Å². The molecule has 1 N–H and O–H groups in total. The van der Waals surface area contributed by atoms with Crippen LogP contribution >= 0.6 is 0 Å². The number of ether oxygens (including phenoxy) is 1. The summed E-state index contributed by atoms with van der Waals surface area (Å²) in [6.45, 7) is 0.258. The normalized spacial score (nSPS) is 16.9. The predicted octanol–water partition coefficient (Wildman–Crippen LogP) is 2.83. The fraction of sp³-hybridized carbons (Fsp3) is 0.261. The molecule has 1 aliphatic heterocycles. The van der Waals surface area contributed by atoms with Crippen molar-refractivity contribution in [1.82, 2.24) is 14.9 Å². The first-order chi connectivity index (χ1) is 15.0. The summed E-state index contributed by atoms with van der Waals surface area (Å²) >= 11 is 0. The van der Waals surface area contributed by atoms with Gasteiger partial charge in [0.05, 0.1) is 13.0 Å². The van der Waals surface area contributed by atoms with Crippen LogP contribution in [0.3, 0.4) is 0 Å². The summed E-state index contributed by atoms with van der Waals surface area (Å²) in [5.41, 5.74) is 1.27. The highest BCUT2D eigenvalue weighted by Crippen LogP contribution is 2.29. The lowest BCUT2D eigenvalue weighted by Gasteiger charge is -2.22. The number of carbonyl (C=O) groups is 2. The van der Waals surface area contributed by atoms with E-state index < -0.39 is 17.8 Å². The third-order valence-corrected chi connectivity index (χ3v) is 5.45. The number of aromatic nitrogens is 2. The Kier molecular flexibility index (Phi) is 5.70. The Hall–Kier alpha value is -3.68. The summed E-state index contributed by atoms with van der Waals surface area (Å²) in [6, 6.07) is 12.6. The second-order valence-corrected chi connectivity index (χ2v) is 7.50. The zero-order valence-corrected chi connectivity index (χ0v) is 17.3. The molecule has 8 heteroatoms. The number of nitrogens with one attached hydrogen (secondary N) is 1. The van der Waals surface area contributed by atoms with E-state index in [4.69, 9.17) is 4.74 Å². The Balaban J connectivity index is 1.55. The van der Waals surface area contributed by atoms with E-state index in [1.807, 2.05) is 13.1 Å². The number of anilines is 1. The number of amides is 2. The van der Waals surface area contributed by atoms with Gasteiger partial charge in [-0.25, -0.2) is 9.37 Å². The van der Waals surface area contributed by atoms with Crippen molar-refractivity contribution in [2.45, 2.75) is 12.5 Å². The molecule has 1 aromatic heterocycles. The number of rotatable bonds is 6. The molecule has 1 saturated heterocycles. The van der Waals surface area contributed by atoms with Gasteiger partial charge in [-0.15, -0.1) is 0 Å². The van der Waals surface area contributed by atoms with Gasteiger partial charge in [-0.2, -0.15) is 0 Å². The number of imidazole rings is 1. The summed E-state index contributed by atoms with van der Waals surface area (Å²) < 4.78 is 20.9. The molecule has 2 heterocycles. The van der Waals surface area contributed by atoms with E-state index in [0.29, 0.717) is 22.8 Å². The minimum Gasteiger partial charge on any atom is -0.497 e. The third kappa shape index (κ3) is 4.28. The molecule has 2 amide bonds. The molecule has 31 heavy (non-hydrogen) atoms. The standard InChI is InChI=1S/C23H23FN4O3/c1-27-10-9-25-22(27)21(15-5-3-6-17(24)11-15)26-23(30)16-12-20(29)28(14-16)18-7-4-8-19(13-18)31-2/h3-11,13,16,21H,12,14H2,1-2H3,(H,26,30). The fourth-order valence-corrected chi connectivity index (χ4v) is 3.81. The Morgan fingerprint density at radius 3 is 2.77 bits per heavy atom. The predicted molar refractivity (Wildman–Crippen MR) is 113 cm³/mol. The van der Waals surface area contributed by atoms with Crippen molar-refractivity contribution in [2.24, 2.45) is 13.0 Å². The molecule has 0 aliphatic carbocycles. The monoisotopic (exact) mass is 422 g/mol. The molecule has 2 aromatic carbocycles. The quantitative estimate of drug-likeness (QED) is 0.663. The van der Waals surface area contributed by atoms with Crippen LogP contribution in [0.2, 0.25) is 0 Å². The molecular weight excluding hydrogens is 399 g/mol. The summed E-state index contributed by atoms with van der Waals surface area (Å²) in [5, 5.41) is 2.97. The van der Waals surface area contributed by atoms with E-state index in [2.05, 4.69) is 10.3 Å². The van der Waals surface area contributed by atoms with E-state index >= 15 is 0 Å². The maximum Gasteiger partial charge on any atom is 0.227 e. The zero-order chi connectivity index (χ0) is 22.0. The van der Waals surface area contributed by atoms with Crippen molar-refractivity contribution in [3.63, 3.8) is 0 Å². The number of benzene rings is 2. The van der Waals surface area contributed by atoms with Gasteiger partial charge >= 0.3 is 0 Å². The molecule has 2 atom stereocenters. The fourth-order valence-electron chi connectivity index (χ4n) is 3.81. The van der Waals surface area contributed by atoms with Crippen molar-refractivity contribution in [2.75, 3.05) is 18.6 Å². The van der Waals surface area contributed by atoms with Crippen molar-refractivity contribution < 1.29 is 18.7 Å². The minimum absolute atomic E-state index is 0.0967. The van der Waals surface area contributed by atoms with E-state index in [-0.39, 0.29) is 24.8 Å². The molecule has 1 fully saturated rings. The van der Waals surface area contributed by atoms with E-state index in [1.54, 1.807) is 59.3 Å². The van der Waals surface area contributed by atoms with Crippen LogP contribution in [0.25, 0.3) is 0 Å². The van der Waals surface area contributed by atoms with Gasteiger partial charge in [0, 0.05) is 44.2 Å². The van der Waals surface area contributed by atoms with E-state index in [1.165, 1.54) is 12.1 Å². The maximum absolute atomic E-state index is 13.9. The lowest BCUT2D eigenvalue weighted by atomic mass is 10.0. The first kappa shape index (κ1) is 20.6. The van der Waals surface area contributed by atoms with Gasteiger partial charge < -0.3 is 19.5 Å². The Labute approximate surface area is 179 Å². The molecule has 1 aliphatic rings. The first-order valence-electron chi connectivity index (χ1n) is 9.93. The van der Waals surface area contributed by atoms with Crippen LogP contribution in [0.5, 0.6) is 5.75 Å². The van der Waals surface area contributed by atoms with Gasteiger partial charge in [0.15, 0.2) is 0 Å². The highest BCUT2D eigenvalue weighted by atomic mass is 19.1. The van der Waals surface area contributed by atoms with Crippen LogP contribution in [0, 0.1) is 11.7 Å². The smallest absolute Gasteiger partial charge is 0.227 e. The van der Waals surface area contributed by atoms with Crippen LogP contribution in [0.1, 0.15) is 23.9 Å². The number of hydrogen-bond donors (Lipinski definition) is 1. The molecule has 0 saturated carbocycles. The van der Waals surface area contributed by atoms with Crippen LogP contribution in [0.4, 0.5) is 10.1 Å². The second-order valence-electron chi connectivity index (χ2n) is 7.50. The number of aryl methyl sites for hydroxylation is 1. The number of carbonyl (C=O) groups excluding carboxylic acids is 2. The van der Waals surface area contributed by atoms with Crippen molar-refractivity contribution in [3.05, 3.63) is 78.1 Å². The Morgan fingerprint density at radius 1 is 1.26 bits per heavy atom. The van der Waals surface area contributed by atoms with Gasteiger partial charge in [0.2, 0.25) is 11.8 Å². The van der Waals surface area contributed by atoms with E-state index in [0.717, 1.165) is 0 Å². The average molecular weight is 422 g/mol. The Morgan fingerprint density at radius 2 is 2.06 bits per heavy atom. The van der Waals surface area contributed by atoms with Crippen molar-refractivity contribution in [1.29, 1.82) is 0 Å². The van der Waals surface area contributed by atoms with Gasteiger partial charge in [0.25, 0.3) is 0 Å². The highest BCUT2D eigenvalue weighted by molar-refractivity contribution is 6.00. The summed E-state index contributed by atoms with van der Waals surface area (Å²) in [6.07, 6.45) is 3.48. The van der Waals surface area contributed by atoms with Crippen LogP contribution in [-0.4, -0.2) is 35.0 Å². The first-order valence-corrected chi connectivity index (χ1v) is 9.93. The Bertz CT molecular complexity index is 1110. The van der Waals surface area contributed by atoms with Gasteiger partial charge in [-0.3, -0.25) is 9.59 Å². The number of halogens is 1. The summed E-state index contributed by atoms with van der Waals surface area (Å²) in [5.74, 6) is -0.128. The second kappa shape index (κ2) is 8.59. The third-order valence-electron chi connectivity index (χ3n) is 5.45. The maximum atomic E-state index is 13.9. The topological polar surface area (TPSA) is 76.5 Å². The summed E-state index contributed by atoms with van der Waals surface area (Å²) in [4.78, 5) is 31.7. The lowest BCUT2D eigenvalue weighted by Crippen LogP contribution is -2.37. The van der Waals surface area contributed by atoms with Crippen LogP contribution in [0.15, 0.2) is 60.9 Å². The largest absolute Gasteiger partial charge is 0.497 e. The zero-order valence-electron chi connectivity index (χ0n) is 17.3. The molecule has 160 valence electrons. The molecule has 3 aromatic rings. The minimum atomic E-state index is -0.635. The molecule has 0 radical (unpaired) electrons. The molecule has 2 unspecified atom stereocenters. The van der Waals surface area contributed by atoms with Gasteiger partial charge in [-0.05, 0) is 29.8 Å². The SMILES string of the molecule is COc1cccc(N2CC(C(=O)NC(c3cccc(F)c3)c3nccn3C)CC2=O)c1. The number of nitrogens with zero attached hydrogens (tertiary/aromatic N) is 3. The van der Waals surface area contributed by atoms with Gasteiger partial charge in [0.1, 0.15) is 23.4 Å². The highest BCUT2D eigenvalue weighted by Gasteiger charge is 2.36. The molecule has 4 rings (SSSR count). The van der Waals surface area contributed by atoms with Crippen molar-refractivity contribution in [3.8, 4) is 5.75 Å². The van der Waals surface area contributed by atoms with Gasteiger partial charge in [-0.1, -0.05) is 18.2 Å². The summed E-state index contributed by atoms with van der Waals surface area (Å²) in [7, 11) is 3.37. The molecular formula is C23H23FN4O3. The number of methoxy groups -OCH3 is 1. The molecule has 7 nitrogen and oxygen atoms in total. The number of hydrogen-bond acceptors (Lipinski definition) is 4. The average Bonchev–Trinajstić information content (AvgIpc) is 3.37.